The topological polar surface area (TPSA) is 86.7 Å². The third-order valence-corrected chi connectivity index (χ3v) is 8.62. The zero-order valence-corrected chi connectivity index (χ0v) is 18.1. The predicted octanol–water partition coefficient (Wildman–Crippen LogP) is 3.11. The van der Waals surface area contributed by atoms with Crippen molar-refractivity contribution in [3.05, 3.63) is 41.0 Å². The fourth-order valence-electron chi connectivity index (χ4n) is 3.61. The number of sulfone groups is 1. The van der Waals surface area contributed by atoms with Crippen molar-refractivity contribution in [3.63, 3.8) is 0 Å². The number of carbonyl (C=O) groups excluding carboxylic acids is 1. The van der Waals surface area contributed by atoms with Gasteiger partial charge in [-0.3, -0.25) is 10.0 Å². The Hall–Kier alpha value is -1.70. The molecule has 0 aliphatic carbocycles. The van der Waals surface area contributed by atoms with Gasteiger partial charge >= 0.3 is 0 Å². The molecule has 2 rings (SSSR count). The SMILES string of the molecule is CC/C(C)=C(/C)CCc1ccc(S(=O)(=O)C2(C(=O)NO)CCN(C)CC2)cc1. The molecular weight excluding hydrogens is 376 g/mol. The lowest BCUT2D eigenvalue weighted by atomic mass is 9.95. The standard InChI is InChI=1S/C21H32N2O4S/c1-5-16(2)17(3)6-7-18-8-10-19(11-9-18)28(26,27)21(20(24)22-25)12-14-23(4)15-13-21/h8-11,25H,5-7,12-15H2,1-4H3,(H,22,24)/b17-16-. The summed E-state index contributed by atoms with van der Waals surface area (Å²) in [6, 6.07) is 6.81. The Bertz CT molecular complexity index is 820. The summed E-state index contributed by atoms with van der Waals surface area (Å²) >= 11 is 0. The molecule has 2 N–H and O–H groups in total. The molecule has 0 aromatic heterocycles. The van der Waals surface area contributed by atoms with E-state index in [2.05, 4.69) is 20.8 Å². The van der Waals surface area contributed by atoms with E-state index in [1.807, 2.05) is 24.1 Å². The van der Waals surface area contributed by atoms with Crippen molar-refractivity contribution in [2.24, 2.45) is 0 Å². The van der Waals surface area contributed by atoms with Crippen LogP contribution >= 0.6 is 0 Å². The van der Waals surface area contributed by atoms with Gasteiger partial charge in [0.05, 0.1) is 4.90 Å². The number of allylic oxidation sites excluding steroid dienone is 2. The molecule has 0 saturated carbocycles. The first-order valence-electron chi connectivity index (χ1n) is 9.80. The summed E-state index contributed by atoms with van der Waals surface area (Å²) in [7, 11) is -2.04. The minimum atomic E-state index is -3.93. The van der Waals surface area contributed by atoms with Gasteiger partial charge in [-0.15, -0.1) is 0 Å². The molecule has 1 aromatic rings. The lowest BCUT2D eigenvalue weighted by Gasteiger charge is -2.38. The van der Waals surface area contributed by atoms with E-state index in [1.54, 1.807) is 17.6 Å². The second kappa shape index (κ2) is 9.20. The summed E-state index contributed by atoms with van der Waals surface area (Å²) in [6.45, 7) is 7.37. The minimum Gasteiger partial charge on any atom is -0.306 e. The highest BCUT2D eigenvalue weighted by Crippen LogP contribution is 2.35. The first-order valence-corrected chi connectivity index (χ1v) is 11.3. The third kappa shape index (κ3) is 4.47. The van der Waals surface area contributed by atoms with Gasteiger partial charge in [0.2, 0.25) is 0 Å². The van der Waals surface area contributed by atoms with E-state index in [4.69, 9.17) is 0 Å². The number of aryl methyl sites for hydroxylation is 1. The number of nitrogens with zero attached hydrogens (tertiary/aromatic N) is 1. The van der Waals surface area contributed by atoms with E-state index in [0.29, 0.717) is 13.1 Å². The highest BCUT2D eigenvalue weighted by molar-refractivity contribution is 7.93. The normalized spacial score (nSPS) is 18.5. The van der Waals surface area contributed by atoms with Crippen LogP contribution in [0, 0.1) is 0 Å². The van der Waals surface area contributed by atoms with Crippen LogP contribution in [0.3, 0.4) is 0 Å². The molecule has 1 fully saturated rings. The predicted molar refractivity (Wildman–Crippen MR) is 110 cm³/mol. The Morgan fingerprint density at radius 3 is 2.21 bits per heavy atom. The van der Waals surface area contributed by atoms with Crippen molar-refractivity contribution >= 4 is 15.7 Å². The molecule has 7 heteroatoms. The van der Waals surface area contributed by atoms with Gasteiger partial charge in [-0.05, 0) is 83.8 Å². The molecule has 0 atom stereocenters. The largest absolute Gasteiger partial charge is 0.306 e. The smallest absolute Gasteiger partial charge is 0.265 e. The number of likely N-dealkylation sites (tertiary alicyclic amines) is 1. The van der Waals surface area contributed by atoms with Crippen LogP contribution in [0.1, 0.15) is 52.0 Å². The van der Waals surface area contributed by atoms with Crippen LogP contribution in [0.25, 0.3) is 0 Å². The summed E-state index contributed by atoms with van der Waals surface area (Å²) in [5.74, 6) is -0.847. The molecular formula is C21H32N2O4S. The maximum atomic E-state index is 13.3. The van der Waals surface area contributed by atoms with Crippen LogP contribution in [0.15, 0.2) is 40.3 Å². The molecule has 0 radical (unpaired) electrons. The van der Waals surface area contributed by atoms with Crippen LogP contribution in [0.4, 0.5) is 0 Å². The van der Waals surface area contributed by atoms with Crippen molar-refractivity contribution < 1.29 is 18.4 Å². The number of benzene rings is 1. The summed E-state index contributed by atoms with van der Waals surface area (Å²) in [6.07, 6.45) is 3.12. The molecule has 0 unspecified atom stereocenters. The lowest BCUT2D eigenvalue weighted by Crippen LogP contribution is -2.57. The van der Waals surface area contributed by atoms with Crippen LogP contribution in [-0.4, -0.2) is 49.3 Å². The van der Waals surface area contributed by atoms with Gasteiger partial charge in [-0.25, -0.2) is 13.9 Å². The quantitative estimate of drug-likeness (QED) is 0.411. The van der Waals surface area contributed by atoms with Gasteiger partial charge in [0.1, 0.15) is 0 Å². The van der Waals surface area contributed by atoms with Crippen LogP contribution in [0.5, 0.6) is 0 Å². The number of hydrogen-bond acceptors (Lipinski definition) is 5. The molecule has 1 amide bonds. The number of hydroxylamine groups is 1. The Kier molecular flexibility index (Phi) is 7.42. The number of carbonyl (C=O) groups is 1. The zero-order chi connectivity index (χ0) is 20.9. The lowest BCUT2D eigenvalue weighted by molar-refractivity contribution is -0.133. The Labute approximate surface area is 168 Å². The van der Waals surface area contributed by atoms with E-state index in [1.165, 1.54) is 11.1 Å². The number of amides is 1. The molecule has 1 heterocycles. The number of rotatable bonds is 7. The third-order valence-electron chi connectivity index (χ3n) is 6.11. The van der Waals surface area contributed by atoms with Crippen molar-refractivity contribution in [1.82, 2.24) is 10.4 Å². The monoisotopic (exact) mass is 408 g/mol. The molecule has 1 aliphatic heterocycles. The first kappa shape index (κ1) is 22.6. The Balaban J connectivity index is 2.26. The van der Waals surface area contributed by atoms with Crippen LogP contribution in [0.2, 0.25) is 0 Å². The number of nitrogens with one attached hydrogen (secondary N) is 1. The first-order chi connectivity index (χ1) is 13.2. The Morgan fingerprint density at radius 1 is 1.14 bits per heavy atom. The average molecular weight is 409 g/mol. The molecule has 28 heavy (non-hydrogen) atoms. The summed E-state index contributed by atoms with van der Waals surface area (Å²) < 4.78 is 25.0. The Morgan fingerprint density at radius 2 is 1.71 bits per heavy atom. The van der Waals surface area contributed by atoms with Gasteiger partial charge < -0.3 is 4.90 Å². The maximum absolute atomic E-state index is 13.3. The van der Waals surface area contributed by atoms with E-state index in [-0.39, 0.29) is 17.7 Å². The van der Waals surface area contributed by atoms with Crippen molar-refractivity contribution in [2.75, 3.05) is 20.1 Å². The molecule has 1 aromatic carbocycles. The molecule has 1 saturated heterocycles. The molecule has 156 valence electrons. The van der Waals surface area contributed by atoms with E-state index >= 15 is 0 Å². The molecule has 6 nitrogen and oxygen atoms in total. The summed E-state index contributed by atoms with van der Waals surface area (Å²) in [5.41, 5.74) is 5.40. The van der Waals surface area contributed by atoms with E-state index < -0.39 is 20.5 Å². The summed E-state index contributed by atoms with van der Waals surface area (Å²) in [5, 5.41) is 9.18. The van der Waals surface area contributed by atoms with Gasteiger partial charge in [-0.1, -0.05) is 30.2 Å². The van der Waals surface area contributed by atoms with Gasteiger partial charge in [0.25, 0.3) is 5.91 Å². The number of hydrogen-bond donors (Lipinski definition) is 2. The average Bonchev–Trinajstić information content (AvgIpc) is 2.71. The molecule has 1 aliphatic rings. The second-order valence-electron chi connectivity index (χ2n) is 7.80. The van der Waals surface area contributed by atoms with Crippen LogP contribution < -0.4 is 5.48 Å². The summed E-state index contributed by atoms with van der Waals surface area (Å²) in [4.78, 5) is 14.5. The fraction of sp³-hybridized carbons (Fsp3) is 0.571. The van der Waals surface area contributed by atoms with Crippen molar-refractivity contribution in [2.45, 2.75) is 62.5 Å². The highest BCUT2D eigenvalue weighted by Gasteiger charge is 2.52. The van der Waals surface area contributed by atoms with Crippen molar-refractivity contribution in [3.8, 4) is 0 Å². The van der Waals surface area contributed by atoms with Gasteiger partial charge in [0, 0.05) is 0 Å². The second-order valence-corrected chi connectivity index (χ2v) is 10.1. The fourth-order valence-corrected chi connectivity index (χ4v) is 5.56. The van der Waals surface area contributed by atoms with Crippen molar-refractivity contribution in [1.29, 1.82) is 0 Å². The zero-order valence-electron chi connectivity index (χ0n) is 17.3. The van der Waals surface area contributed by atoms with E-state index in [9.17, 15) is 18.4 Å². The highest BCUT2D eigenvalue weighted by atomic mass is 32.2. The minimum absolute atomic E-state index is 0.126. The van der Waals surface area contributed by atoms with E-state index in [0.717, 1.165) is 24.8 Å². The van der Waals surface area contributed by atoms with Crippen LogP contribution in [-0.2, 0) is 21.1 Å². The molecule has 0 spiro atoms. The van der Waals surface area contributed by atoms with Gasteiger partial charge in [0.15, 0.2) is 14.6 Å². The molecule has 0 bridgehead atoms. The van der Waals surface area contributed by atoms with Gasteiger partial charge in [-0.2, -0.15) is 0 Å². The number of piperidine rings is 1. The maximum Gasteiger partial charge on any atom is 0.265 e.